The molecule has 0 aromatic heterocycles. The number of hydrogen-bond acceptors (Lipinski definition) is 2. The minimum Gasteiger partial charge on any atom is -0.376 e. The Morgan fingerprint density at radius 2 is 1.33 bits per heavy atom. The van der Waals surface area contributed by atoms with Crippen molar-refractivity contribution < 1.29 is 9.47 Å². The Hall–Kier alpha value is -4.99. The van der Waals surface area contributed by atoms with Crippen molar-refractivity contribution in [2.45, 2.75) is 38.6 Å². The van der Waals surface area contributed by atoms with Crippen LogP contribution in [0.3, 0.4) is 0 Å². The zero-order chi connectivity index (χ0) is 34.6. The molecule has 2 atom stereocenters. The lowest BCUT2D eigenvalue weighted by Gasteiger charge is -2.34. The average molecular weight is 685 g/mol. The highest BCUT2D eigenvalue weighted by molar-refractivity contribution is 6.31. The molecule has 0 amide bonds. The van der Waals surface area contributed by atoms with Crippen LogP contribution in [0.1, 0.15) is 51.5 Å². The summed E-state index contributed by atoms with van der Waals surface area (Å²) in [6.07, 6.45) is 4.54. The van der Waals surface area contributed by atoms with E-state index in [0.29, 0.717) is 19.8 Å². The molecule has 0 N–H and O–H groups in total. The van der Waals surface area contributed by atoms with Crippen molar-refractivity contribution in [3.8, 4) is 11.1 Å². The van der Waals surface area contributed by atoms with E-state index in [2.05, 4.69) is 146 Å². The molecule has 0 radical (unpaired) electrons. The van der Waals surface area contributed by atoms with Crippen LogP contribution in [0.5, 0.6) is 0 Å². The first-order valence-corrected chi connectivity index (χ1v) is 18.3. The van der Waals surface area contributed by atoms with Gasteiger partial charge in [-0.25, -0.2) is 0 Å². The molecular weight excluding hydrogens is 644 g/mol. The van der Waals surface area contributed by atoms with Gasteiger partial charge in [0, 0.05) is 10.9 Å². The molecule has 1 aliphatic rings. The summed E-state index contributed by atoms with van der Waals surface area (Å²) in [6, 6.07) is 51.8. The standard InChI is InChI=1S/C48H41ClO2/c1-2-33-17-19-34(20-18-33)27-39-28-37(22-26-47(39)49)45-29-46-42(40-15-9-10-16-41(40)45)24-25-44-43(46)23-21-38(32-50-30-35-11-5-3-6-12-35)48(44)51-31-36-13-7-4-8-14-36/h2-20,22,24-26,28-29,38,48H,1,21,23,27,30-32H2. The van der Waals surface area contributed by atoms with Gasteiger partial charge in [-0.2, -0.15) is 0 Å². The first-order valence-electron chi connectivity index (χ1n) is 17.9. The number of hydrogen-bond donors (Lipinski definition) is 0. The summed E-state index contributed by atoms with van der Waals surface area (Å²) in [5.41, 5.74) is 10.9. The minimum absolute atomic E-state index is 0.0707. The van der Waals surface area contributed by atoms with Crippen molar-refractivity contribution in [3.05, 3.63) is 196 Å². The van der Waals surface area contributed by atoms with E-state index < -0.39 is 0 Å². The van der Waals surface area contributed by atoms with Gasteiger partial charge in [0.1, 0.15) is 0 Å². The monoisotopic (exact) mass is 684 g/mol. The number of halogens is 1. The molecule has 7 aromatic carbocycles. The third-order valence-electron chi connectivity index (χ3n) is 10.4. The van der Waals surface area contributed by atoms with Crippen molar-refractivity contribution >= 4 is 39.2 Å². The van der Waals surface area contributed by atoms with Crippen molar-refractivity contribution in [3.63, 3.8) is 0 Å². The molecule has 8 rings (SSSR count). The highest BCUT2D eigenvalue weighted by Crippen LogP contribution is 2.44. The maximum Gasteiger partial charge on any atom is 0.0882 e. The van der Waals surface area contributed by atoms with E-state index in [0.717, 1.165) is 35.4 Å². The van der Waals surface area contributed by atoms with E-state index in [1.807, 2.05) is 12.1 Å². The van der Waals surface area contributed by atoms with E-state index in [9.17, 15) is 0 Å². The Bertz CT molecular complexity index is 2290. The molecule has 2 nitrogen and oxygen atoms in total. The van der Waals surface area contributed by atoms with Crippen LogP contribution in [0.15, 0.2) is 152 Å². The molecule has 0 saturated heterocycles. The van der Waals surface area contributed by atoms with E-state index in [-0.39, 0.29) is 12.0 Å². The van der Waals surface area contributed by atoms with E-state index in [4.69, 9.17) is 21.1 Å². The van der Waals surface area contributed by atoms with Gasteiger partial charge in [-0.3, -0.25) is 0 Å². The van der Waals surface area contributed by atoms with E-state index in [1.54, 1.807) is 0 Å². The lowest BCUT2D eigenvalue weighted by atomic mass is 9.78. The smallest absolute Gasteiger partial charge is 0.0882 e. The maximum atomic E-state index is 6.86. The second kappa shape index (κ2) is 15.1. The van der Waals surface area contributed by atoms with Gasteiger partial charge in [0.05, 0.1) is 25.9 Å². The van der Waals surface area contributed by atoms with Gasteiger partial charge in [0.25, 0.3) is 0 Å². The lowest BCUT2D eigenvalue weighted by molar-refractivity contribution is -0.0436. The number of aryl methyl sites for hydroxylation is 1. The Balaban J connectivity index is 1.18. The quantitative estimate of drug-likeness (QED) is 0.126. The Morgan fingerprint density at radius 1 is 0.647 bits per heavy atom. The SMILES string of the molecule is C=Cc1ccc(Cc2cc(-c3cc4c5c(ccc4c4ccccc34)C(OCc3ccccc3)C(COCc3ccccc3)CC5)ccc2Cl)cc1. The molecular formula is C48H41ClO2. The highest BCUT2D eigenvalue weighted by Gasteiger charge is 2.32. The van der Waals surface area contributed by atoms with Crippen LogP contribution in [0, 0.1) is 5.92 Å². The molecule has 7 aromatic rings. The first-order chi connectivity index (χ1) is 25.1. The van der Waals surface area contributed by atoms with Gasteiger partial charge in [-0.05, 0) is 109 Å². The van der Waals surface area contributed by atoms with Crippen LogP contribution in [0.2, 0.25) is 5.02 Å². The topological polar surface area (TPSA) is 18.5 Å². The molecule has 252 valence electrons. The summed E-state index contributed by atoms with van der Waals surface area (Å²) in [6.45, 7) is 5.71. The Morgan fingerprint density at radius 3 is 2.08 bits per heavy atom. The maximum absolute atomic E-state index is 6.86. The van der Waals surface area contributed by atoms with Crippen molar-refractivity contribution in [1.29, 1.82) is 0 Å². The predicted octanol–water partition coefficient (Wildman–Crippen LogP) is 12.6. The molecule has 1 aliphatic carbocycles. The molecule has 0 heterocycles. The van der Waals surface area contributed by atoms with Crippen LogP contribution < -0.4 is 0 Å². The molecule has 2 unspecified atom stereocenters. The molecule has 3 heteroatoms. The third-order valence-corrected chi connectivity index (χ3v) is 10.7. The zero-order valence-electron chi connectivity index (χ0n) is 28.7. The average Bonchev–Trinajstić information content (AvgIpc) is 3.18. The largest absolute Gasteiger partial charge is 0.376 e. The summed E-state index contributed by atoms with van der Waals surface area (Å²) in [5.74, 6) is 0.252. The van der Waals surface area contributed by atoms with Crippen LogP contribution in [-0.2, 0) is 35.5 Å². The fraction of sp³-hybridized carbons (Fsp3) is 0.167. The predicted molar refractivity (Wildman–Crippen MR) is 213 cm³/mol. The van der Waals surface area contributed by atoms with Gasteiger partial charge in [-0.1, -0.05) is 152 Å². The van der Waals surface area contributed by atoms with Gasteiger partial charge in [-0.15, -0.1) is 0 Å². The Labute approximate surface area is 306 Å². The summed E-state index contributed by atoms with van der Waals surface area (Å²) < 4.78 is 13.2. The third kappa shape index (κ3) is 7.14. The fourth-order valence-corrected chi connectivity index (χ4v) is 7.89. The minimum atomic E-state index is -0.0707. The van der Waals surface area contributed by atoms with E-state index >= 15 is 0 Å². The normalized spacial score (nSPS) is 15.5. The summed E-state index contributed by atoms with van der Waals surface area (Å²) in [4.78, 5) is 0. The van der Waals surface area contributed by atoms with Crippen molar-refractivity contribution in [1.82, 2.24) is 0 Å². The second-order valence-electron chi connectivity index (χ2n) is 13.6. The Kier molecular flexibility index (Phi) is 9.81. The van der Waals surface area contributed by atoms with Gasteiger partial charge < -0.3 is 9.47 Å². The van der Waals surface area contributed by atoms with Crippen molar-refractivity contribution in [2.75, 3.05) is 6.61 Å². The second-order valence-corrected chi connectivity index (χ2v) is 14.1. The van der Waals surface area contributed by atoms with Crippen molar-refractivity contribution in [2.24, 2.45) is 5.92 Å². The zero-order valence-corrected chi connectivity index (χ0v) is 29.5. The number of benzene rings is 7. The lowest BCUT2D eigenvalue weighted by Crippen LogP contribution is -2.27. The summed E-state index contributed by atoms with van der Waals surface area (Å²) >= 11 is 6.83. The molecule has 0 bridgehead atoms. The highest BCUT2D eigenvalue weighted by atomic mass is 35.5. The van der Waals surface area contributed by atoms with Crippen LogP contribution in [0.4, 0.5) is 0 Å². The molecule has 0 aliphatic heterocycles. The number of ether oxygens (including phenoxy) is 2. The van der Waals surface area contributed by atoms with Gasteiger partial charge in [0.2, 0.25) is 0 Å². The number of rotatable bonds is 11. The number of fused-ring (bicyclic) bond motifs is 5. The van der Waals surface area contributed by atoms with Crippen LogP contribution >= 0.6 is 11.6 Å². The molecule has 51 heavy (non-hydrogen) atoms. The van der Waals surface area contributed by atoms with E-state index in [1.165, 1.54) is 60.5 Å². The summed E-state index contributed by atoms with van der Waals surface area (Å²) in [7, 11) is 0. The van der Waals surface area contributed by atoms with Gasteiger partial charge >= 0.3 is 0 Å². The molecule has 0 fully saturated rings. The first kappa shape index (κ1) is 33.2. The fourth-order valence-electron chi connectivity index (χ4n) is 7.70. The molecule has 0 spiro atoms. The van der Waals surface area contributed by atoms with Gasteiger partial charge in [0.15, 0.2) is 0 Å². The van der Waals surface area contributed by atoms with Crippen LogP contribution in [-0.4, -0.2) is 6.61 Å². The summed E-state index contributed by atoms with van der Waals surface area (Å²) in [5, 5.41) is 5.88. The molecule has 0 saturated carbocycles. The van der Waals surface area contributed by atoms with Crippen LogP contribution in [0.25, 0.3) is 38.7 Å².